The Morgan fingerprint density at radius 1 is 1.14 bits per heavy atom. The van der Waals surface area contributed by atoms with Crippen molar-refractivity contribution in [2.45, 2.75) is 45.1 Å². The highest BCUT2D eigenvalue weighted by molar-refractivity contribution is 6.04. The van der Waals surface area contributed by atoms with Crippen molar-refractivity contribution in [3.63, 3.8) is 0 Å². The topological polar surface area (TPSA) is 75.2 Å². The van der Waals surface area contributed by atoms with Crippen molar-refractivity contribution in [1.29, 1.82) is 0 Å². The molecule has 6 nitrogen and oxygen atoms in total. The SMILES string of the molecule is Cc1nc([C@@H]2CCCN2C(=O)C2CCC2)ncc1C(=O)Nc1ccc(F)cc1. The van der Waals surface area contributed by atoms with Gasteiger partial charge in [-0.2, -0.15) is 0 Å². The smallest absolute Gasteiger partial charge is 0.259 e. The van der Waals surface area contributed by atoms with Crippen LogP contribution in [0.2, 0.25) is 0 Å². The molecule has 1 N–H and O–H groups in total. The van der Waals surface area contributed by atoms with Crippen LogP contribution in [-0.2, 0) is 4.79 Å². The van der Waals surface area contributed by atoms with Gasteiger partial charge in [0, 0.05) is 24.3 Å². The fraction of sp³-hybridized carbons (Fsp3) is 0.429. The molecule has 2 aliphatic rings. The Labute approximate surface area is 163 Å². The largest absolute Gasteiger partial charge is 0.332 e. The average molecular weight is 382 g/mol. The Hall–Kier alpha value is -2.83. The van der Waals surface area contributed by atoms with Gasteiger partial charge in [0.05, 0.1) is 17.3 Å². The normalized spacial score (nSPS) is 19.4. The number of hydrogen-bond acceptors (Lipinski definition) is 4. The summed E-state index contributed by atoms with van der Waals surface area (Å²) < 4.78 is 13.0. The van der Waals surface area contributed by atoms with E-state index in [2.05, 4.69) is 15.3 Å². The lowest BCUT2D eigenvalue weighted by atomic mass is 9.84. The molecule has 2 amide bonds. The number of hydrogen-bond donors (Lipinski definition) is 1. The zero-order chi connectivity index (χ0) is 19.7. The van der Waals surface area contributed by atoms with Crippen molar-refractivity contribution in [3.05, 3.63) is 53.4 Å². The molecule has 28 heavy (non-hydrogen) atoms. The van der Waals surface area contributed by atoms with E-state index >= 15 is 0 Å². The van der Waals surface area contributed by atoms with Crippen LogP contribution in [0.25, 0.3) is 0 Å². The van der Waals surface area contributed by atoms with Gasteiger partial charge in [-0.25, -0.2) is 14.4 Å². The highest BCUT2D eigenvalue weighted by Gasteiger charge is 2.37. The first-order valence-corrected chi connectivity index (χ1v) is 9.74. The molecule has 1 saturated heterocycles. The molecule has 2 heterocycles. The van der Waals surface area contributed by atoms with Crippen LogP contribution in [0, 0.1) is 18.7 Å². The molecule has 4 rings (SSSR count). The number of nitrogens with zero attached hydrogens (tertiary/aromatic N) is 3. The number of halogens is 1. The van der Waals surface area contributed by atoms with E-state index in [1.807, 2.05) is 4.90 Å². The van der Waals surface area contributed by atoms with E-state index in [4.69, 9.17) is 0 Å². The molecule has 2 fully saturated rings. The average Bonchev–Trinajstić information content (AvgIpc) is 3.12. The lowest BCUT2D eigenvalue weighted by molar-refractivity contribution is -0.139. The first-order valence-electron chi connectivity index (χ1n) is 9.74. The monoisotopic (exact) mass is 382 g/mol. The number of likely N-dealkylation sites (tertiary alicyclic amines) is 1. The van der Waals surface area contributed by atoms with Crippen LogP contribution in [0.3, 0.4) is 0 Å². The molecule has 1 aromatic carbocycles. The van der Waals surface area contributed by atoms with Gasteiger partial charge in [-0.15, -0.1) is 0 Å². The predicted octanol–water partition coefficient (Wildman–Crippen LogP) is 3.64. The molecular formula is C21H23FN4O2. The molecule has 1 aliphatic heterocycles. The zero-order valence-corrected chi connectivity index (χ0v) is 15.8. The van der Waals surface area contributed by atoms with Gasteiger partial charge >= 0.3 is 0 Å². The number of rotatable bonds is 4. The first-order chi connectivity index (χ1) is 13.5. The second-order valence-electron chi connectivity index (χ2n) is 7.51. The minimum Gasteiger partial charge on any atom is -0.332 e. The van der Waals surface area contributed by atoms with Crippen LogP contribution in [0.1, 0.15) is 60.0 Å². The predicted molar refractivity (Wildman–Crippen MR) is 102 cm³/mol. The van der Waals surface area contributed by atoms with Crippen molar-refractivity contribution >= 4 is 17.5 Å². The molecule has 1 saturated carbocycles. The Morgan fingerprint density at radius 3 is 2.54 bits per heavy atom. The third-order valence-corrected chi connectivity index (χ3v) is 5.63. The maximum absolute atomic E-state index is 13.0. The Kier molecular flexibility index (Phi) is 5.07. The second kappa shape index (κ2) is 7.66. The summed E-state index contributed by atoms with van der Waals surface area (Å²) in [7, 11) is 0. The van der Waals surface area contributed by atoms with Crippen molar-refractivity contribution in [3.8, 4) is 0 Å². The number of nitrogens with one attached hydrogen (secondary N) is 1. The Balaban J connectivity index is 1.49. The number of benzene rings is 1. The number of carbonyl (C=O) groups is 2. The fourth-order valence-electron chi connectivity index (χ4n) is 3.79. The second-order valence-corrected chi connectivity index (χ2v) is 7.51. The molecular weight excluding hydrogens is 359 g/mol. The van der Waals surface area contributed by atoms with E-state index in [0.29, 0.717) is 22.8 Å². The quantitative estimate of drug-likeness (QED) is 0.876. The third-order valence-electron chi connectivity index (χ3n) is 5.63. The van der Waals surface area contributed by atoms with E-state index in [1.54, 1.807) is 6.92 Å². The molecule has 0 radical (unpaired) electrons. The van der Waals surface area contributed by atoms with Gasteiger partial charge in [0.15, 0.2) is 5.82 Å². The van der Waals surface area contributed by atoms with E-state index in [0.717, 1.165) is 38.6 Å². The Morgan fingerprint density at radius 2 is 1.89 bits per heavy atom. The van der Waals surface area contributed by atoms with Crippen molar-refractivity contribution < 1.29 is 14.0 Å². The van der Waals surface area contributed by atoms with E-state index in [-0.39, 0.29) is 29.6 Å². The van der Waals surface area contributed by atoms with E-state index < -0.39 is 0 Å². The zero-order valence-electron chi connectivity index (χ0n) is 15.8. The summed E-state index contributed by atoms with van der Waals surface area (Å²) in [5, 5.41) is 2.72. The summed E-state index contributed by atoms with van der Waals surface area (Å²) in [6.45, 7) is 2.51. The van der Waals surface area contributed by atoms with Crippen LogP contribution in [0.4, 0.5) is 10.1 Å². The minimum absolute atomic E-state index is 0.110. The van der Waals surface area contributed by atoms with Crippen LogP contribution in [-0.4, -0.2) is 33.2 Å². The van der Waals surface area contributed by atoms with Crippen molar-refractivity contribution in [2.75, 3.05) is 11.9 Å². The molecule has 0 spiro atoms. The first kappa shape index (κ1) is 18.5. The van der Waals surface area contributed by atoms with E-state index in [9.17, 15) is 14.0 Å². The number of aryl methyl sites for hydroxylation is 1. The summed E-state index contributed by atoms with van der Waals surface area (Å²) in [6.07, 6.45) is 6.38. The number of amides is 2. The number of aromatic nitrogens is 2. The van der Waals surface area contributed by atoms with Gasteiger partial charge in [0.1, 0.15) is 5.82 Å². The van der Waals surface area contributed by atoms with Gasteiger partial charge in [0.2, 0.25) is 5.91 Å². The highest BCUT2D eigenvalue weighted by Crippen LogP contribution is 2.36. The van der Waals surface area contributed by atoms with Crippen molar-refractivity contribution in [2.24, 2.45) is 5.92 Å². The minimum atomic E-state index is -0.362. The van der Waals surface area contributed by atoms with Crippen LogP contribution >= 0.6 is 0 Å². The lowest BCUT2D eigenvalue weighted by Gasteiger charge is -2.32. The number of carbonyl (C=O) groups excluding carboxylic acids is 2. The molecule has 7 heteroatoms. The van der Waals surface area contributed by atoms with Crippen LogP contribution in [0.15, 0.2) is 30.5 Å². The maximum Gasteiger partial charge on any atom is 0.259 e. The van der Waals surface area contributed by atoms with E-state index in [1.165, 1.54) is 30.5 Å². The summed E-state index contributed by atoms with van der Waals surface area (Å²) in [5.41, 5.74) is 1.43. The van der Waals surface area contributed by atoms with Gasteiger partial charge in [0.25, 0.3) is 5.91 Å². The van der Waals surface area contributed by atoms with Gasteiger partial charge in [-0.1, -0.05) is 6.42 Å². The van der Waals surface area contributed by atoms with Gasteiger partial charge in [-0.05, 0) is 56.9 Å². The maximum atomic E-state index is 13.0. The van der Waals surface area contributed by atoms with Gasteiger partial charge < -0.3 is 10.2 Å². The fourth-order valence-corrected chi connectivity index (χ4v) is 3.79. The summed E-state index contributed by atoms with van der Waals surface area (Å²) in [6, 6.07) is 5.47. The summed E-state index contributed by atoms with van der Waals surface area (Å²) in [5.74, 6) is 0.264. The van der Waals surface area contributed by atoms with Crippen LogP contribution in [0.5, 0.6) is 0 Å². The van der Waals surface area contributed by atoms with Crippen LogP contribution < -0.4 is 5.32 Å². The lowest BCUT2D eigenvalue weighted by Crippen LogP contribution is -2.39. The van der Waals surface area contributed by atoms with Crippen molar-refractivity contribution in [1.82, 2.24) is 14.9 Å². The highest BCUT2D eigenvalue weighted by atomic mass is 19.1. The molecule has 1 aliphatic carbocycles. The van der Waals surface area contributed by atoms with Gasteiger partial charge in [-0.3, -0.25) is 9.59 Å². The molecule has 1 aromatic heterocycles. The Bertz CT molecular complexity index is 896. The standard InChI is InChI=1S/C21H23FN4O2/c1-13-17(20(27)25-16-9-7-15(22)8-10-16)12-23-19(24-13)18-6-3-11-26(18)21(28)14-4-2-5-14/h7-10,12,14,18H,2-6,11H2,1H3,(H,25,27)/t18-/m0/s1. The summed E-state index contributed by atoms with van der Waals surface area (Å²) in [4.78, 5) is 36.1. The molecule has 2 aromatic rings. The molecule has 0 bridgehead atoms. The molecule has 0 unspecified atom stereocenters. The number of anilines is 1. The summed E-state index contributed by atoms with van der Waals surface area (Å²) >= 11 is 0. The molecule has 146 valence electrons. The molecule has 1 atom stereocenters. The third kappa shape index (κ3) is 3.61.